The summed E-state index contributed by atoms with van der Waals surface area (Å²) < 4.78 is 5.72. The minimum Gasteiger partial charge on any atom is -0.491 e. The van der Waals surface area contributed by atoms with Gasteiger partial charge in [-0.15, -0.1) is 0 Å². The van der Waals surface area contributed by atoms with Crippen LogP contribution in [0.3, 0.4) is 0 Å². The molecule has 1 aromatic rings. The first-order chi connectivity index (χ1) is 9.96. The van der Waals surface area contributed by atoms with Crippen LogP contribution >= 0.6 is 0 Å². The van der Waals surface area contributed by atoms with Crippen molar-refractivity contribution in [2.45, 2.75) is 39.3 Å². The number of amides is 3. The zero-order chi connectivity index (χ0) is 15.8. The van der Waals surface area contributed by atoms with Crippen LogP contribution in [0.25, 0.3) is 0 Å². The second kappa shape index (κ2) is 8.14. The fourth-order valence-corrected chi connectivity index (χ4v) is 1.57. The van der Waals surface area contributed by atoms with E-state index in [0.29, 0.717) is 0 Å². The van der Waals surface area contributed by atoms with E-state index in [4.69, 9.17) is 4.74 Å². The quantitative estimate of drug-likeness (QED) is 0.750. The summed E-state index contributed by atoms with van der Waals surface area (Å²) in [5, 5.41) is 7.59. The number of benzene rings is 1. The smallest absolute Gasteiger partial charge is 0.321 e. The summed E-state index contributed by atoms with van der Waals surface area (Å²) in [6.45, 7) is 5.73. The van der Waals surface area contributed by atoms with Crippen molar-refractivity contribution in [1.82, 2.24) is 10.6 Å². The van der Waals surface area contributed by atoms with E-state index in [1.807, 2.05) is 31.2 Å². The fraction of sp³-hybridized carbons (Fsp3) is 0.467. The Morgan fingerprint density at radius 1 is 1.29 bits per heavy atom. The Labute approximate surface area is 125 Å². The minimum atomic E-state index is -0.541. The molecule has 1 aromatic carbocycles. The Hall–Kier alpha value is -2.24. The number of hydrogen-bond acceptors (Lipinski definition) is 4. The van der Waals surface area contributed by atoms with E-state index < -0.39 is 18.0 Å². The summed E-state index contributed by atoms with van der Waals surface area (Å²) in [6, 6.07) is 6.32. The lowest BCUT2D eigenvalue weighted by Gasteiger charge is -2.17. The Balaban J connectivity index is 2.63. The first kappa shape index (κ1) is 16.8. The second-order valence-corrected chi connectivity index (χ2v) is 4.80. The zero-order valence-electron chi connectivity index (χ0n) is 12.9. The molecule has 0 heterocycles. The SMILES string of the molecule is CCC(C)Oc1cccc(NC(C)C(=O)NC(=O)NC)c1. The number of ether oxygens (including phenoxy) is 1. The van der Waals surface area contributed by atoms with Gasteiger partial charge in [0.2, 0.25) is 5.91 Å². The number of nitrogens with one attached hydrogen (secondary N) is 3. The molecule has 21 heavy (non-hydrogen) atoms. The number of rotatable bonds is 6. The number of carbonyl (C=O) groups excluding carboxylic acids is 2. The van der Waals surface area contributed by atoms with Gasteiger partial charge in [0.05, 0.1) is 6.10 Å². The highest BCUT2D eigenvalue weighted by Crippen LogP contribution is 2.19. The van der Waals surface area contributed by atoms with Gasteiger partial charge in [-0.05, 0) is 32.4 Å². The van der Waals surface area contributed by atoms with Crippen molar-refractivity contribution in [3.05, 3.63) is 24.3 Å². The molecule has 3 N–H and O–H groups in total. The Kier molecular flexibility index (Phi) is 6.52. The zero-order valence-corrected chi connectivity index (χ0v) is 12.9. The monoisotopic (exact) mass is 293 g/mol. The van der Waals surface area contributed by atoms with Crippen LogP contribution in [-0.4, -0.2) is 31.1 Å². The van der Waals surface area contributed by atoms with Crippen LogP contribution in [0, 0.1) is 0 Å². The summed E-state index contributed by atoms with van der Waals surface area (Å²) in [6.07, 6.45) is 1.05. The summed E-state index contributed by atoms with van der Waals surface area (Å²) in [4.78, 5) is 22.9. The maximum absolute atomic E-state index is 11.8. The molecule has 6 heteroatoms. The van der Waals surface area contributed by atoms with Crippen LogP contribution in [0.1, 0.15) is 27.2 Å². The molecular weight excluding hydrogens is 270 g/mol. The van der Waals surface area contributed by atoms with Gasteiger partial charge in [0.25, 0.3) is 0 Å². The molecule has 0 fully saturated rings. The topological polar surface area (TPSA) is 79.5 Å². The Morgan fingerprint density at radius 3 is 2.62 bits per heavy atom. The van der Waals surface area contributed by atoms with Gasteiger partial charge in [-0.2, -0.15) is 0 Å². The molecule has 0 saturated carbocycles. The molecule has 0 aliphatic carbocycles. The van der Waals surface area contributed by atoms with Gasteiger partial charge in [-0.1, -0.05) is 13.0 Å². The van der Waals surface area contributed by atoms with Gasteiger partial charge >= 0.3 is 6.03 Å². The van der Waals surface area contributed by atoms with E-state index in [1.165, 1.54) is 7.05 Å². The molecule has 6 nitrogen and oxygen atoms in total. The lowest BCUT2D eigenvalue weighted by molar-refractivity contribution is -0.120. The van der Waals surface area contributed by atoms with E-state index in [9.17, 15) is 9.59 Å². The molecule has 0 aliphatic heterocycles. The predicted octanol–water partition coefficient (Wildman–Crippen LogP) is 2.12. The molecule has 1 rings (SSSR count). The summed E-state index contributed by atoms with van der Waals surface area (Å²) in [5.74, 6) is 0.343. The first-order valence-electron chi connectivity index (χ1n) is 7.02. The van der Waals surface area contributed by atoms with Crippen molar-refractivity contribution >= 4 is 17.6 Å². The number of urea groups is 1. The standard InChI is InChI=1S/C15H23N3O3/c1-5-10(2)21-13-8-6-7-12(9-13)17-11(3)14(19)18-15(20)16-4/h6-11,17H,5H2,1-4H3,(H2,16,18,19,20). The van der Waals surface area contributed by atoms with Gasteiger partial charge in [0.15, 0.2) is 0 Å². The normalized spacial score (nSPS) is 13.0. The Morgan fingerprint density at radius 2 is 2.00 bits per heavy atom. The molecule has 0 radical (unpaired) electrons. The molecule has 2 unspecified atom stereocenters. The molecule has 0 aromatic heterocycles. The third-order valence-electron chi connectivity index (χ3n) is 2.99. The van der Waals surface area contributed by atoms with Gasteiger partial charge in [0.1, 0.15) is 11.8 Å². The number of imide groups is 1. The van der Waals surface area contributed by atoms with Gasteiger partial charge in [-0.25, -0.2) is 4.79 Å². The molecule has 0 spiro atoms. The van der Waals surface area contributed by atoms with Crippen LogP contribution in [0.2, 0.25) is 0 Å². The van der Waals surface area contributed by atoms with E-state index in [2.05, 4.69) is 22.9 Å². The molecule has 2 atom stereocenters. The maximum Gasteiger partial charge on any atom is 0.321 e. The van der Waals surface area contributed by atoms with E-state index in [-0.39, 0.29) is 6.10 Å². The largest absolute Gasteiger partial charge is 0.491 e. The first-order valence-corrected chi connectivity index (χ1v) is 7.02. The van der Waals surface area contributed by atoms with Gasteiger partial charge in [0, 0.05) is 18.8 Å². The highest BCUT2D eigenvalue weighted by atomic mass is 16.5. The summed E-state index contributed by atoms with van der Waals surface area (Å²) in [7, 11) is 1.45. The lowest BCUT2D eigenvalue weighted by atomic mass is 10.2. The molecule has 0 bridgehead atoms. The van der Waals surface area contributed by atoms with Crippen LogP contribution in [0.15, 0.2) is 24.3 Å². The average Bonchev–Trinajstić information content (AvgIpc) is 2.47. The lowest BCUT2D eigenvalue weighted by Crippen LogP contribution is -2.44. The van der Waals surface area contributed by atoms with Crippen molar-refractivity contribution in [2.24, 2.45) is 0 Å². The van der Waals surface area contributed by atoms with Gasteiger partial charge in [-0.3, -0.25) is 10.1 Å². The highest BCUT2D eigenvalue weighted by molar-refractivity contribution is 5.97. The van der Waals surface area contributed by atoms with Crippen molar-refractivity contribution in [3.63, 3.8) is 0 Å². The van der Waals surface area contributed by atoms with E-state index in [1.54, 1.807) is 6.92 Å². The molecule has 3 amide bonds. The van der Waals surface area contributed by atoms with Crippen LogP contribution in [0.4, 0.5) is 10.5 Å². The minimum absolute atomic E-state index is 0.134. The summed E-state index contributed by atoms with van der Waals surface area (Å²) >= 11 is 0. The van der Waals surface area contributed by atoms with Crippen LogP contribution in [-0.2, 0) is 4.79 Å². The molecular formula is C15H23N3O3. The van der Waals surface area contributed by atoms with Crippen molar-refractivity contribution < 1.29 is 14.3 Å². The third-order valence-corrected chi connectivity index (χ3v) is 2.99. The van der Waals surface area contributed by atoms with Crippen LogP contribution < -0.4 is 20.7 Å². The average molecular weight is 293 g/mol. The van der Waals surface area contributed by atoms with Gasteiger partial charge < -0.3 is 15.4 Å². The Bertz CT molecular complexity index is 491. The molecule has 116 valence electrons. The molecule has 0 saturated heterocycles. The highest BCUT2D eigenvalue weighted by Gasteiger charge is 2.15. The maximum atomic E-state index is 11.8. The summed E-state index contributed by atoms with van der Waals surface area (Å²) in [5.41, 5.74) is 0.760. The van der Waals surface area contributed by atoms with Crippen molar-refractivity contribution in [3.8, 4) is 5.75 Å². The van der Waals surface area contributed by atoms with Crippen LogP contribution in [0.5, 0.6) is 5.75 Å². The number of hydrogen-bond donors (Lipinski definition) is 3. The number of carbonyl (C=O) groups is 2. The van der Waals surface area contributed by atoms with Crippen molar-refractivity contribution in [2.75, 3.05) is 12.4 Å². The number of anilines is 1. The third kappa shape index (κ3) is 5.72. The fourth-order valence-electron chi connectivity index (χ4n) is 1.57. The second-order valence-electron chi connectivity index (χ2n) is 4.80. The van der Waals surface area contributed by atoms with E-state index in [0.717, 1.165) is 17.9 Å². The predicted molar refractivity (Wildman–Crippen MR) is 82.5 cm³/mol. The van der Waals surface area contributed by atoms with E-state index >= 15 is 0 Å². The van der Waals surface area contributed by atoms with Crippen molar-refractivity contribution in [1.29, 1.82) is 0 Å². The molecule has 0 aliphatic rings.